The first-order valence-corrected chi connectivity index (χ1v) is 7.65. The number of hydrogen-bond acceptors (Lipinski definition) is 3. The molecule has 1 unspecified atom stereocenters. The van der Waals surface area contributed by atoms with Gasteiger partial charge in [0.15, 0.2) is 0 Å². The van der Waals surface area contributed by atoms with E-state index in [1.165, 1.54) is 11.1 Å². The van der Waals surface area contributed by atoms with Gasteiger partial charge >= 0.3 is 0 Å². The fourth-order valence-corrected chi connectivity index (χ4v) is 2.80. The molecular weight excluding hydrogens is 248 g/mol. The van der Waals surface area contributed by atoms with Gasteiger partial charge in [-0.1, -0.05) is 31.2 Å². The van der Waals surface area contributed by atoms with E-state index in [2.05, 4.69) is 55.3 Å². The monoisotopic (exact) mass is 276 g/mol. The highest BCUT2D eigenvalue weighted by Gasteiger charge is 2.31. The Hall–Kier alpha value is -0.900. The molecule has 1 aliphatic rings. The maximum atomic E-state index is 5.60. The molecule has 0 bridgehead atoms. The Labute approximate surface area is 123 Å². The molecule has 0 saturated carbocycles. The number of nitrogens with zero attached hydrogens (tertiary/aromatic N) is 1. The highest BCUT2D eigenvalue weighted by Crippen LogP contribution is 2.23. The van der Waals surface area contributed by atoms with Crippen molar-refractivity contribution in [1.29, 1.82) is 0 Å². The van der Waals surface area contributed by atoms with Gasteiger partial charge in [-0.05, 0) is 38.4 Å². The van der Waals surface area contributed by atoms with E-state index in [0.29, 0.717) is 6.04 Å². The van der Waals surface area contributed by atoms with Crippen LogP contribution in [0.1, 0.15) is 37.9 Å². The zero-order valence-electron chi connectivity index (χ0n) is 13.3. The first kappa shape index (κ1) is 15.5. The van der Waals surface area contributed by atoms with Gasteiger partial charge in [0.05, 0.1) is 13.2 Å². The molecule has 0 aliphatic carbocycles. The fraction of sp³-hybridized carbons (Fsp3) is 0.647. The number of nitrogens with one attached hydrogen (secondary N) is 1. The van der Waals surface area contributed by atoms with Crippen molar-refractivity contribution in [1.82, 2.24) is 10.2 Å². The fourth-order valence-electron chi connectivity index (χ4n) is 2.80. The van der Waals surface area contributed by atoms with Crippen LogP contribution in [0.5, 0.6) is 0 Å². The zero-order chi connectivity index (χ0) is 14.6. The summed E-state index contributed by atoms with van der Waals surface area (Å²) in [4.78, 5) is 2.53. The summed E-state index contributed by atoms with van der Waals surface area (Å²) in [5.74, 6) is 0. The molecule has 2 rings (SSSR count). The first-order valence-electron chi connectivity index (χ1n) is 7.65. The zero-order valence-corrected chi connectivity index (χ0v) is 13.3. The molecule has 1 aliphatic heterocycles. The standard InChI is InChI=1S/C17H28N2O/c1-5-14-6-8-15(9-7-14)16(18-4)12-19-10-11-20-13-17(19,2)3/h6-9,16,18H,5,10-13H2,1-4H3. The Balaban J connectivity index is 2.07. The highest BCUT2D eigenvalue weighted by molar-refractivity contribution is 5.25. The molecule has 3 heteroatoms. The van der Waals surface area contributed by atoms with Crippen molar-refractivity contribution in [2.24, 2.45) is 0 Å². The van der Waals surface area contributed by atoms with Crippen molar-refractivity contribution >= 4 is 0 Å². The van der Waals surface area contributed by atoms with Crippen molar-refractivity contribution in [2.75, 3.05) is 33.4 Å². The van der Waals surface area contributed by atoms with Gasteiger partial charge < -0.3 is 10.1 Å². The van der Waals surface area contributed by atoms with Crippen LogP contribution in [0, 0.1) is 0 Å². The summed E-state index contributed by atoms with van der Waals surface area (Å²) in [5, 5.41) is 3.46. The van der Waals surface area contributed by atoms with Crippen molar-refractivity contribution < 1.29 is 4.74 Å². The summed E-state index contributed by atoms with van der Waals surface area (Å²) in [6.07, 6.45) is 1.10. The van der Waals surface area contributed by atoms with Gasteiger partial charge in [-0.3, -0.25) is 4.90 Å². The molecule has 1 aromatic carbocycles. The Kier molecular flexibility index (Phi) is 5.19. The average molecular weight is 276 g/mol. The molecule has 1 aromatic rings. The maximum Gasteiger partial charge on any atom is 0.0645 e. The molecule has 112 valence electrons. The summed E-state index contributed by atoms with van der Waals surface area (Å²) >= 11 is 0. The van der Waals surface area contributed by atoms with Crippen LogP contribution in [0.25, 0.3) is 0 Å². The predicted molar refractivity (Wildman–Crippen MR) is 84.1 cm³/mol. The van der Waals surface area contributed by atoms with Crippen LogP contribution >= 0.6 is 0 Å². The molecule has 20 heavy (non-hydrogen) atoms. The van der Waals surface area contributed by atoms with Gasteiger partial charge in [-0.2, -0.15) is 0 Å². The molecule has 0 aromatic heterocycles. The summed E-state index contributed by atoms with van der Waals surface area (Å²) in [6, 6.07) is 9.37. The Morgan fingerprint density at radius 2 is 2.00 bits per heavy atom. The van der Waals surface area contributed by atoms with E-state index in [-0.39, 0.29) is 5.54 Å². The van der Waals surface area contributed by atoms with Crippen LogP contribution in [0.2, 0.25) is 0 Å². The molecule has 0 spiro atoms. The lowest BCUT2D eigenvalue weighted by Crippen LogP contribution is -2.54. The van der Waals surface area contributed by atoms with Crippen molar-refractivity contribution in [3.8, 4) is 0 Å². The second-order valence-electron chi connectivity index (χ2n) is 6.25. The number of rotatable bonds is 5. The molecule has 1 atom stereocenters. The van der Waals surface area contributed by atoms with Crippen LogP contribution in [0.4, 0.5) is 0 Å². The largest absolute Gasteiger partial charge is 0.378 e. The lowest BCUT2D eigenvalue weighted by molar-refractivity contribution is -0.0543. The smallest absolute Gasteiger partial charge is 0.0645 e. The minimum atomic E-state index is 0.122. The normalized spacial score (nSPS) is 20.8. The number of hydrogen-bond donors (Lipinski definition) is 1. The Morgan fingerprint density at radius 3 is 2.55 bits per heavy atom. The highest BCUT2D eigenvalue weighted by atomic mass is 16.5. The van der Waals surface area contributed by atoms with Crippen molar-refractivity contribution in [3.05, 3.63) is 35.4 Å². The quantitative estimate of drug-likeness (QED) is 0.895. The summed E-state index contributed by atoms with van der Waals surface area (Å²) in [6.45, 7) is 10.4. The third-order valence-corrected chi connectivity index (χ3v) is 4.36. The second-order valence-corrected chi connectivity index (χ2v) is 6.25. The van der Waals surface area contributed by atoms with E-state index in [1.54, 1.807) is 0 Å². The van der Waals surface area contributed by atoms with E-state index in [1.807, 2.05) is 7.05 Å². The summed E-state index contributed by atoms with van der Waals surface area (Å²) in [7, 11) is 2.05. The third-order valence-electron chi connectivity index (χ3n) is 4.36. The van der Waals surface area contributed by atoms with E-state index in [0.717, 1.165) is 32.7 Å². The number of likely N-dealkylation sites (N-methyl/N-ethyl adjacent to an activating group) is 1. The van der Waals surface area contributed by atoms with Crippen LogP contribution in [0.15, 0.2) is 24.3 Å². The second kappa shape index (κ2) is 6.70. The van der Waals surface area contributed by atoms with Crippen LogP contribution in [-0.2, 0) is 11.2 Å². The van der Waals surface area contributed by atoms with Gasteiger partial charge in [-0.15, -0.1) is 0 Å². The molecule has 1 N–H and O–H groups in total. The molecule has 0 amide bonds. The van der Waals surface area contributed by atoms with Crippen LogP contribution < -0.4 is 5.32 Å². The topological polar surface area (TPSA) is 24.5 Å². The van der Waals surface area contributed by atoms with Gasteiger partial charge in [-0.25, -0.2) is 0 Å². The lowest BCUT2D eigenvalue weighted by Gasteiger charge is -2.43. The summed E-state index contributed by atoms with van der Waals surface area (Å²) in [5.41, 5.74) is 2.89. The van der Waals surface area contributed by atoms with E-state index < -0.39 is 0 Å². The van der Waals surface area contributed by atoms with Gasteiger partial charge in [0.1, 0.15) is 0 Å². The van der Waals surface area contributed by atoms with E-state index >= 15 is 0 Å². The number of aryl methyl sites for hydroxylation is 1. The van der Waals surface area contributed by atoms with Gasteiger partial charge in [0.2, 0.25) is 0 Å². The van der Waals surface area contributed by atoms with Gasteiger partial charge in [0.25, 0.3) is 0 Å². The van der Waals surface area contributed by atoms with Crippen molar-refractivity contribution in [2.45, 2.75) is 38.8 Å². The number of morpholine rings is 1. The van der Waals surface area contributed by atoms with Gasteiger partial charge in [0, 0.05) is 24.7 Å². The number of ether oxygens (including phenoxy) is 1. The Morgan fingerprint density at radius 1 is 1.30 bits per heavy atom. The average Bonchev–Trinajstić information content (AvgIpc) is 2.46. The third kappa shape index (κ3) is 3.60. The predicted octanol–water partition coefficient (Wildman–Crippen LogP) is 2.62. The lowest BCUT2D eigenvalue weighted by atomic mass is 9.98. The van der Waals surface area contributed by atoms with E-state index in [4.69, 9.17) is 4.74 Å². The molecule has 0 radical (unpaired) electrons. The Bertz CT molecular complexity index is 414. The maximum absolute atomic E-state index is 5.60. The first-order chi connectivity index (χ1) is 9.56. The minimum Gasteiger partial charge on any atom is -0.378 e. The molecule has 1 heterocycles. The van der Waals surface area contributed by atoms with Crippen LogP contribution in [0.3, 0.4) is 0 Å². The summed E-state index contributed by atoms with van der Waals surface area (Å²) < 4.78 is 5.60. The minimum absolute atomic E-state index is 0.122. The SMILES string of the molecule is CCc1ccc(C(CN2CCOCC2(C)C)NC)cc1. The molecule has 3 nitrogen and oxygen atoms in total. The molecule has 1 fully saturated rings. The van der Waals surface area contributed by atoms with Crippen molar-refractivity contribution in [3.63, 3.8) is 0 Å². The van der Waals surface area contributed by atoms with E-state index in [9.17, 15) is 0 Å². The molecular formula is C17H28N2O. The number of benzene rings is 1. The van der Waals surface area contributed by atoms with Crippen LogP contribution in [-0.4, -0.2) is 43.8 Å². The molecule has 1 saturated heterocycles.